The van der Waals surface area contributed by atoms with E-state index in [1.807, 2.05) is 22.9 Å². The number of fused-ring (bicyclic) bond motifs is 1. The standard InChI is InChI=1S/C24H27N3O3/c1-28-16-19-9-10-26(12-19)14-21-15-27(13-18-5-3-2-4-6-18)25-24(21)20-7-8-22-23(11-20)30-17-29-22/h2-8,11,15,19H,9-10,12-14,16-17H2,1H3/t19-/m1/s1. The summed E-state index contributed by atoms with van der Waals surface area (Å²) in [6.07, 6.45) is 3.38. The molecule has 1 saturated heterocycles. The molecule has 0 bridgehead atoms. The van der Waals surface area contributed by atoms with Crippen molar-refractivity contribution >= 4 is 0 Å². The lowest BCUT2D eigenvalue weighted by atomic mass is 10.1. The first-order valence-electron chi connectivity index (χ1n) is 10.5. The van der Waals surface area contributed by atoms with Gasteiger partial charge < -0.3 is 14.2 Å². The fourth-order valence-electron chi connectivity index (χ4n) is 4.39. The van der Waals surface area contributed by atoms with E-state index in [0.717, 1.165) is 55.5 Å². The first-order chi connectivity index (χ1) is 14.8. The summed E-state index contributed by atoms with van der Waals surface area (Å²) in [7, 11) is 1.79. The zero-order valence-electron chi connectivity index (χ0n) is 17.3. The second-order valence-corrected chi connectivity index (χ2v) is 8.10. The van der Waals surface area contributed by atoms with Gasteiger partial charge in [-0.1, -0.05) is 30.3 Å². The van der Waals surface area contributed by atoms with E-state index in [2.05, 4.69) is 41.4 Å². The third-order valence-electron chi connectivity index (χ3n) is 5.84. The number of benzene rings is 2. The number of hydrogen-bond acceptors (Lipinski definition) is 5. The lowest BCUT2D eigenvalue weighted by Crippen LogP contribution is -2.21. The van der Waals surface area contributed by atoms with Gasteiger partial charge in [-0.15, -0.1) is 0 Å². The first-order valence-corrected chi connectivity index (χ1v) is 10.5. The molecule has 3 heterocycles. The smallest absolute Gasteiger partial charge is 0.231 e. The quantitative estimate of drug-likeness (QED) is 0.599. The molecule has 0 unspecified atom stereocenters. The van der Waals surface area contributed by atoms with Gasteiger partial charge in [-0.05, 0) is 42.6 Å². The Labute approximate surface area is 177 Å². The van der Waals surface area contributed by atoms with Crippen LogP contribution in [0.4, 0.5) is 0 Å². The van der Waals surface area contributed by atoms with E-state index < -0.39 is 0 Å². The number of likely N-dealkylation sites (tertiary alicyclic amines) is 1. The normalized spacial score (nSPS) is 18.2. The average molecular weight is 405 g/mol. The maximum absolute atomic E-state index is 5.60. The van der Waals surface area contributed by atoms with Crippen molar-refractivity contribution < 1.29 is 14.2 Å². The van der Waals surface area contributed by atoms with Gasteiger partial charge in [0.05, 0.1) is 18.8 Å². The molecule has 2 aliphatic rings. The highest BCUT2D eigenvalue weighted by atomic mass is 16.7. The predicted octanol–water partition coefficient (Wildman–Crippen LogP) is 3.80. The summed E-state index contributed by atoms with van der Waals surface area (Å²) in [5, 5.41) is 4.97. The van der Waals surface area contributed by atoms with Crippen molar-refractivity contribution in [2.24, 2.45) is 5.92 Å². The van der Waals surface area contributed by atoms with Crippen LogP contribution in [0.3, 0.4) is 0 Å². The predicted molar refractivity (Wildman–Crippen MR) is 115 cm³/mol. The summed E-state index contributed by atoms with van der Waals surface area (Å²) in [4.78, 5) is 2.50. The van der Waals surface area contributed by atoms with Gasteiger partial charge in [-0.25, -0.2) is 0 Å². The van der Waals surface area contributed by atoms with Crippen LogP contribution in [0.5, 0.6) is 11.5 Å². The Morgan fingerprint density at radius 3 is 2.80 bits per heavy atom. The van der Waals surface area contributed by atoms with E-state index in [1.165, 1.54) is 17.5 Å². The highest BCUT2D eigenvalue weighted by molar-refractivity contribution is 5.67. The van der Waals surface area contributed by atoms with Gasteiger partial charge in [0.1, 0.15) is 0 Å². The van der Waals surface area contributed by atoms with E-state index in [9.17, 15) is 0 Å². The number of hydrogen-bond donors (Lipinski definition) is 0. The molecule has 1 fully saturated rings. The monoisotopic (exact) mass is 405 g/mol. The molecular formula is C24H27N3O3. The fourth-order valence-corrected chi connectivity index (χ4v) is 4.39. The van der Waals surface area contributed by atoms with Crippen LogP contribution in [0.25, 0.3) is 11.3 Å². The molecular weight excluding hydrogens is 378 g/mol. The zero-order valence-corrected chi connectivity index (χ0v) is 17.3. The summed E-state index contributed by atoms with van der Waals surface area (Å²) in [6.45, 7) is 4.92. The van der Waals surface area contributed by atoms with E-state index in [0.29, 0.717) is 5.92 Å². The van der Waals surface area contributed by atoms with E-state index in [1.54, 1.807) is 7.11 Å². The third-order valence-corrected chi connectivity index (χ3v) is 5.84. The van der Waals surface area contributed by atoms with Crippen LogP contribution in [-0.2, 0) is 17.8 Å². The molecule has 1 atom stereocenters. The molecule has 0 spiro atoms. The molecule has 156 valence electrons. The molecule has 0 N–H and O–H groups in total. The van der Waals surface area contributed by atoms with Gasteiger partial charge in [0.15, 0.2) is 11.5 Å². The lowest BCUT2D eigenvalue weighted by molar-refractivity contribution is 0.152. The van der Waals surface area contributed by atoms with Gasteiger partial charge >= 0.3 is 0 Å². The van der Waals surface area contributed by atoms with Gasteiger partial charge in [-0.2, -0.15) is 5.10 Å². The van der Waals surface area contributed by atoms with Crippen LogP contribution < -0.4 is 9.47 Å². The lowest BCUT2D eigenvalue weighted by Gasteiger charge is -2.15. The van der Waals surface area contributed by atoms with Gasteiger partial charge in [-0.3, -0.25) is 9.58 Å². The van der Waals surface area contributed by atoms with Crippen LogP contribution in [-0.4, -0.2) is 48.3 Å². The molecule has 5 rings (SSSR count). The minimum atomic E-state index is 0.281. The highest BCUT2D eigenvalue weighted by Crippen LogP contribution is 2.37. The molecule has 2 aliphatic heterocycles. The number of aromatic nitrogens is 2. The zero-order chi connectivity index (χ0) is 20.3. The van der Waals surface area contributed by atoms with Crippen LogP contribution in [0, 0.1) is 5.92 Å². The molecule has 30 heavy (non-hydrogen) atoms. The first kappa shape index (κ1) is 19.2. The third kappa shape index (κ3) is 4.06. The number of rotatable bonds is 7. The van der Waals surface area contributed by atoms with Crippen LogP contribution in [0.15, 0.2) is 54.7 Å². The number of nitrogens with zero attached hydrogens (tertiary/aromatic N) is 3. The van der Waals surface area contributed by atoms with Crippen molar-refractivity contribution in [3.8, 4) is 22.8 Å². The van der Waals surface area contributed by atoms with Gasteiger partial charge in [0.25, 0.3) is 0 Å². The summed E-state index contributed by atoms with van der Waals surface area (Å²) in [6, 6.07) is 16.5. The molecule has 0 amide bonds. The Bertz CT molecular complexity index is 1000. The molecule has 3 aromatic rings. The Morgan fingerprint density at radius 2 is 1.93 bits per heavy atom. The molecule has 0 radical (unpaired) electrons. The van der Waals surface area contributed by atoms with Crippen molar-refractivity contribution in [1.82, 2.24) is 14.7 Å². The van der Waals surface area contributed by atoms with Gasteiger partial charge in [0.2, 0.25) is 6.79 Å². The second-order valence-electron chi connectivity index (χ2n) is 8.10. The summed E-state index contributed by atoms with van der Waals surface area (Å²) >= 11 is 0. The minimum absolute atomic E-state index is 0.281. The van der Waals surface area contributed by atoms with Crippen molar-refractivity contribution in [3.05, 3.63) is 65.9 Å². The molecule has 6 heteroatoms. The maximum atomic E-state index is 5.60. The summed E-state index contributed by atoms with van der Waals surface area (Å²) in [5.74, 6) is 2.20. The van der Waals surface area contributed by atoms with Crippen LogP contribution in [0.1, 0.15) is 17.5 Å². The summed E-state index contributed by atoms with van der Waals surface area (Å²) < 4.78 is 18.5. The number of ether oxygens (including phenoxy) is 3. The van der Waals surface area contributed by atoms with Crippen molar-refractivity contribution in [2.75, 3.05) is 33.6 Å². The highest BCUT2D eigenvalue weighted by Gasteiger charge is 2.25. The van der Waals surface area contributed by atoms with E-state index in [-0.39, 0.29) is 6.79 Å². The molecule has 1 aromatic heterocycles. The Balaban J connectivity index is 1.43. The minimum Gasteiger partial charge on any atom is -0.454 e. The van der Waals surface area contributed by atoms with Crippen LogP contribution >= 0.6 is 0 Å². The topological polar surface area (TPSA) is 48.8 Å². The van der Waals surface area contributed by atoms with Crippen molar-refractivity contribution in [2.45, 2.75) is 19.5 Å². The molecule has 6 nitrogen and oxygen atoms in total. The Kier molecular flexibility index (Phi) is 5.43. The van der Waals surface area contributed by atoms with E-state index >= 15 is 0 Å². The van der Waals surface area contributed by atoms with Gasteiger partial charge in [0, 0.05) is 37.5 Å². The molecule has 0 aliphatic carbocycles. The van der Waals surface area contributed by atoms with Crippen molar-refractivity contribution in [1.29, 1.82) is 0 Å². The summed E-state index contributed by atoms with van der Waals surface area (Å²) in [5.41, 5.74) is 4.56. The SMILES string of the molecule is COC[C@@H]1CCN(Cc2cn(Cc3ccccc3)nc2-c2ccc3c(c2)OCO3)C1. The fraction of sp³-hybridized carbons (Fsp3) is 0.375. The van der Waals surface area contributed by atoms with E-state index in [4.69, 9.17) is 19.3 Å². The molecule has 2 aromatic carbocycles. The van der Waals surface area contributed by atoms with Crippen LogP contribution in [0.2, 0.25) is 0 Å². The maximum Gasteiger partial charge on any atom is 0.231 e. The number of methoxy groups -OCH3 is 1. The largest absolute Gasteiger partial charge is 0.454 e. The second kappa shape index (κ2) is 8.50. The Morgan fingerprint density at radius 1 is 1.07 bits per heavy atom. The van der Waals surface area contributed by atoms with Crippen molar-refractivity contribution in [3.63, 3.8) is 0 Å². The average Bonchev–Trinajstić information content (AvgIpc) is 3.49. The Hall–Kier alpha value is -2.83. The molecule has 0 saturated carbocycles.